The summed E-state index contributed by atoms with van der Waals surface area (Å²) in [6.45, 7) is 4.71. The van der Waals surface area contributed by atoms with Gasteiger partial charge in [0.1, 0.15) is 11.1 Å². The number of anilines is 2. The Morgan fingerprint density at radius 2 is 1.92 bits per heavy atom. The number of benzene rings is 1. The number of amides is 2. The van der Waals surface area contributed by atoms with E-state index in [0.29, 0.717) is 27.8 Å². The van der Waals surface area contributed by atoms with Crippen molar-refractivity contribution in [2.75, 3.05) is 30.3 Å². The molecule has 0 fully saturated rings. The van der Waals surface area contributed by atoms with Gasteiger partial charge in [0.25, 0.3) is 11.8 Å². The van der Waals surface area contributed by atoms with Crippen molar-refractivity contribution < 1.29 is 14.5 Å². The predicted octanol–water partition coefficient (Wildman–Crippen LogP) is 2.06. The van der Waals surface area contributed by atoms with E-state index in [9.17, 15) is 9.59 Å². The van der Waals surface area contributed by atoms with Crippen LogP contribution in [-0.2, 0) is 9.59 Å². The number of quaternary nitrogens is 1. The van der Waals surface area contributed by atoms with Crippen LogP contribution in [0.1, 0.15) is 18.1 Å². The van der Waals surface area contributed by atoms with E-state index in [1.165, 1.54) is 11.3 Å². The lowest BCUT2D eigenvalue weighted by atomic mass is 10.2. The van der Waals surface area contributed by atoms with Crippen LogP contribution in [0.3, 0.4) is 0 Å². The van der Waals surface area contributed by atoms with Gasteiger partial charge in [0.05, 0.1) is 12.1 Å². The third-order valence-electron chi connectivity index (χ3n) is 3.83. The topological polar surface area (TPSA) is 86.4 Å². The van der Waals surface area contributed by atoms with Gasteiger partial charge in [-0.25, -0.2) is 0 Å². The van der Waals surface area contributed by atoms with Crippen molar-refractivity contribution in [2.45, 2.75) is 13.8 Å². The fraction of sp³-hybridized carbons (Fsp3) is 0.278. The van der Waals surface area contributed by atoms with Crippen LogP contribution in [0.5, 0.6) is 0 Å². The molecule has 8 heteroatoms. The average molecular weight is 392 g/mol. The highest BCUT2D eigenvalue weighted by Crippen LogP contribution is 2.21. The van der Waals surface area contributed by atoms with Gasteiger partial charge in [0, 0.05) is 10.7 Å². The van der Waals surface area contributed by atoms with Crippen molar-refractivity contribution in [3.63, 3.8) is 0 Å². The molecule has 0 spiro atoms. The Hall–Kier alpha value is -2.40. The van der Waals surface area contributed by atoms with Gasteiger partial charge in [0.2, 0.25) is 0 Å². The highest BCUT2D eigenvalue weighted by atomic mass is 35.5. The molecule has 1 unspecified atom stereocenters. The van der Waals surface area contributed by atoms with E-state index in [0.717, 1.165) is 10.5 Å². The molecule has 2 amide bonds. The molecule has 6 nitrogen and oxygen atoms in total. The first-order valence-electron chi connectivity index (χ1n) is 8.10. The molecule has 0 saturated heterocycles. The summed E-state index contributed by atoms with van der Waals surface area (Å²) in [6, 6.07) is 8.99. The molecule has 0 bridgehead atoms. The summed E-state index contributed by atoms with van der Waals surface area (Å²) in [7, 11) is 0. The molecule has 0 saturated carbocycles. The van der Waals surface area contributed by atoms with Crippen LogP contribution in [-0.4, -0.2) is 31.4 Å². The first-order chi connectivity index (χ1) is 12.4. The van der Waals surface area contributed by atoms with Gasteiger partial charge in [-0.15, -0.1) is 11.3 Å². The van der Waals surface area contributed by atoms with Crippen molar-refractivity contribution in [3.8, 4) is 6.07 Å². The second-order valence-electron chi connectivity index (χ2n) is 5.79. The van der Waals surface area contributed by atoms with Gasteiger partial charge >= 0.3 is 0 Å². The number of nitriles is 1. The molecule has 136 valence electrons. The molecule has 1 heterocycles. The number of thiophene rings is 1. The first kappa shape index (κ1) is 19.9. The van der Waals surface area contributed by atoms with Crippen LogP contribution >= 0.6 is 22.9 Å². The van der Waals surface area contributed by atoms with Gasteiger partial charge in [-0.2, -0.15) is 5.26 Å². The van der Waals surface area contributed by atoms with Crippen LogP contribution in [0, 0.1) is 18.3 Å². The quantitative estimate of drug-likeness (QED) is 0.675. The maximum atomic E-state index is 12.3. The Labute approximate surface area is 161 Å². The number of rotatable bonds is 7. The van der Waals surface area contributed by atoms with E-state index in [1.807, 2.05) is 26.0 Å². The minimum atomic E-state index is -0.229. The van der Waals surface area contributed by atoms with Crippen LogP contribution < -0.4 is 15.5 Å². The second-order valence-corrected chi connectivity index (χ2v) is 7.14. The zero-order chi connectivity index (χ0) is 19.1. The van der Waals surface area contributed by atoms with Crippen LogP contribution in [0.25, 0.3) is 0 Å². The predicted molar refractivity (Wildman–Crippen MR) is 104 cm³/mol. The number of nitrogens with zero attached hydrogens (tertiary/aromatic N) is 1. The first-order valence-corrected chi connectivity index (χ1v) is 9.35. The van der Waals surface area contributed by atoms with E-state index < -0.39 is 0 Å². The van der Waals surface area contributed by atoms with Crippen LogP contribution in [0.2, 0.25) is 5.02 Å². The normalized spacial score (nSPS) is 11.5. The molecule has 1 atom stereocenters. The van der Waals surface area contributed by atoms with Crippen molar-refractivity contribution in [1.82, 2.24) is 0 Å². The number of aryl methyl sites for hydroxylation is 1. The molecule has 1 aromatic heterocycles. The number of likely N-dealkylation sites (N-methyl/N-ethyl adjacent to an activating group) is 1. The van der Waals surface area contributed by atoms with E-state index in [1.54, 1.807) is 23.6 Å². The van der Waals surface area contributed by atoms with Crippen molar-refractivity contribution >= 4 is 45.4 Å². The molecule has 0 aliphatic heterocycles. The third-order valence-corrected chi connectivity index (χ3v) is 4.90. The van der Waals surface area contributed by atoms with Gasteiger partial charge in [-0.05, 0) is 43.0 Å². The summed E-state index contributed by atoms with van der Waals surface area (Å²) in [6.07, 6.45) is 0. The zero-order valence-corrected chi connectivity index (χ0v) is 16.1. The minimum Gasteiger partial charge on any atom is -0.321 e. The lowest BCUT2D eigenvalue weighted by molar-refractivity contribution is -0.881. The largest absolute Gasteiger partial charge is 0.321 e. The highest BCUT2D eigenvalue weighted by molar-refractivity contribution is 7.14. The number of hydrogen-bond acceptors (Lipinski definition) is 4. The lowest BCUT2D eigenvalue weighted by Gasteiger charge is -2.17. The van der Waals surface area contributed by atoms with Crippen molar-refractivity contribution in [3.05, 3.63) is 45.8 Å². The molecular weight excluding hydrogens is 372 g/mol. The highest BCUT2D eigenvalue weighted by Gasteiger charge is 2.18. The van der Waals surface area contributed by atoms with Crippen LogP contribution in [0.15, 0.2) is 29.6 Å². The molecule has 0 radical (unpaired) electrons. The van der Waals surface area contributed by atoms with Gasteiger partial charge < -0.3 is 15.5 Å². The zero-order valence-electron chi connectivity index (χ0n) is 14.6. The standard InChI is InChI=1S/C18H19ClN4O2S/c1-3-23(11-17(25)22-18-13(9-20)6-7-26-18)10-16(24)21-15-8-14(19)5-4-12(15)2/h4-8H,3,10-11H2,1-2H3,(H,21,24)(H,22,25)/p+1. The molecule has 0 aliphatic carbocycles. The summed E-state index contributed by atoms with van der Waals surface area (Å²) >= 11 is 7.26. The lowest BCUT2D eigenvalue weighted by Crippen LogP contribution is -3.13. The summed E-state index contributed by atoms with van der Waals surface area (Å²) in [5.74, 6) is -0.415. The molecule has 26 heavy (non-hydrogen) atoms. The number of halogens is 1. The smallest absolute Gasteiger partial charge is 0.280 e. The average Bonchev–Trinajstić information content (AvgIpc) is 3.04. The Kier molecular flexibility index (Phi) is 7.16. The Morgan fingerprint density at radius 3 is 2.58 bits per heavy atom. The second kappa shape index (κ2) is 9.34. The monoisotopic (exact) mass is 391 g/mol. The molecule has 0 aliphatic rings. The number of hydrogen-bond donors (Lipinski definition) is 3. The van der Waals surface area contributed by atoms with E-state index in [-0.39, 0.29) is 24.9 Å². The SMILES string of the molecule is CC[NH+](CC(=O)Nc1cc(Cl)ccc1C)CC(=O)Nc1sccc1C#N. The fourth-order valence-corrected chi connectivity index (χ4v) is 3.28. The van der Waals surface area contributed by atoms with Crippen molar-refractivity contribution in [1.29, 1.82) is 5.26 Å². The minimum absolute atomic E-state index is 0.140. The van der Waals surface area contributed by atoms with Crippen LogP contribution in [0.4, 0.5) is 10.7 Å². The number of carbonyl (C=O) groups excluding carboxylic acids is 2. The third kappa shape index (κ3) is 5.56. The van der Waals surface area contributed by atoms with Gasteiger partial charge in [0.15, 0.2) is 13.1 Å². The number of nitrogens with one attached hydrogen (secondary N) is 3. The molecule has 1 aromatic carbocycles. The maximum absolute atomic E-state index is 12.3. The molecular formula is C18H20ClN4O2S+. The fourth-order valence-electron chi connectivity index (χ4n) is 2.35. The van der Waals surface area contributed by atoms with Gasteiger partial charge in [-0.1, -0.05) is 17.7 Å². The summed E-state index contributed by atoms with van der Waals surface area (Å²) in [4.78, 5) is 25.3. The summed E-state index contributed by atoms with van der Waals surface area (Å²) in [5.41, 5.74) is 2.02. The van der Waals surface area contributed by atoms with E-state index >= 15 is 0 Å². The number of carbonyl (C=O) groups is 2. The summed E-state index contributed by atoms with van der Waals surface area (Å²) < 4.78 is 0. The Balaban J connectivity index is 1.92. The summed E-state index contributed by atoms with van der Waals surface area (Å²) in [5, 5.41) is 17.4. The van der Waals surface area contributed by atoms with Gasteiger partial charge in [-0.3, -0.25) is 9.59 Å². The molecule has 3 N–H and O–H groups in total. The Bertz CT molecular complexity index is 844. The van der Waals surface area contributed by atoms with E-state index in [2.05, 4.69) is 10.6 Å². The maximum Gasteiger partial charge on any atom is 0.280 e. The Morgan fingerprint density at radius 1 is 1.23 bits per heavy atom. The van der Waals surface area contributed by atoms with Crippen molar-refractivity contribution in [2.24, 2.45) is 0 Å². The van der Waals surface area contributed by atoms with E-state index in [4.69, 9.17) is 16.9 Å². The molecule has 2 rings (SSSR count). The molecule has 2 aromatic rings.